The van der Waals surface area contributed by atoms with Gasteiger partial charge in [-0.05, 0) is 211 Å². The largest absolute Gasteiger partial charge is 0.434 e. The molecule has 15 rings (SSSR count). The number of rotatable bonds is 12. The van der Waals surface area contributed by atoms with Crippen molar-refractivity contribution in [1.29, 1.82) is 0 Å². The highest BCUT2D eigenvalue weighted by Crippen LogP contribution is 2.53. The zero-order valence-electron chi connectivity index (χ0n) is 62.2. The average Bonchev–Trinajstić information content (AvgIpc) is 1.58. The summed E-state index contributed by atoms with van der Waals surface area (Å²) in [7, 11) is 0. The third kappa shape index (κ3) is 14.9. The van der Waals surface area contributed by atoms with Crippen LogP contribution in [0.1, 0.15) is 123 Å². The minimum Gasteiger partial charge on any atom is -0.322 e. The number of aryl methyl sites for hydroxylation is 4. The van der Waals surface area contributed by atoms with Gasteiger partial charge in [-0.3, -0.25) is 63.4 Å². The molecular weight excluding hydrogens is 1440 g/mol. The Kier molecular flexibility index (Phi) is 20.5. The van der Waals surface area contributed by atoms with Crippen LogP contribution in [0.4, 0.5) is 82.0 Å². The van der Waals surface area contributed by atoms with Crippen molar-refractivity contribution in [3.8, 4) is 33.4 Å². The van der Waals surface area contributed by atoms with Crippen LogP contribution in [0, 0.1) is 33.5 Å². The standard InChI is InChI=1S/C30H24F3N3O2.C29H22F4N4O2.C29H26N4O2/c1-18-7-10-20(11-8-18)35-27(37)23-17-19(9-12-24(23)30(31,32)33)22-5-4-6-25-26(22)29(2,3)28(38)36(25)21-13-15-34-16-14-21;1-16-7-9-19(10-8-16)36-26(38)22-11-17(13-35-25(22)29(31,32)33)21-5-4-6-23-24(21)28(2,3)27(39)37(23)20-12-18(30)14-34-15-20;1-18-11-13-21(14-12-18)32-27(34)23-16-20(17-31-19(23)2)22-8-7-9-24-26(22)29(3,4)28(35)33(24)25-10-5-6-15-30-25/h4-17H,1-3H3,(H,35,37);4-15H,1-3H3,(H,36,38);5-17H,1-4H3,(H,32,34). The second-order valence-corrected chi connectivity index (χ2v) is 28.8. The Morgan fingerprint density at radius 2 is 0.812 bits per heavy atom. The number of hydrogen-bond acceptors (Lipinski definition) is 11. The van der Waals surface area contributed by atoms with Crippen molar-refractivity contribution >= 4 is 86.8 Å². The molecule has 564 valence electrons. The topological polar surface area (TPSA) is 213 Å². The molecule has 0 unspecified atom stereocenters. The van der Waals surface area contributed by atoms with Gasteiger partial charge in [0, 0.05) is 65.2 Å². The summed E-state index contributed by atoms with van der Waals surface area (Å²) >= 11 is 0. The molecule has 112 heavy (non-hydrogen) atoms. The van der Waals surface area contributed by atoms with Gasteiger partial charge in [0.2, 0.25) is 17.7 Å². The molecule has 6 amide bonds. The summed E-state index contributed by atoms with van der Waals surface area (Å²) in [6.07, 6.45) is 0.415. The molecule has 3 aliphatic heterocycles. The highest BCUT2D eigenvalue weighted by molar-refractivity contribution is 6.17. The Bertz CT molecular complexity index is 5720. The molecule has 12 aromatic rings. The first-order valence-corrected chi connectivity index (χ1v) is 35.4. The van der Waals surface area contributed by atoms with E-state index < -0.39 is 68.6 Å². The Morgan fingerprint density at radius 1 is 0.384 bits per heavy atom. The van der Waals surface area contributed by atoms with E-state index in [4.69, 9.17) is 0 Å². The van der Waals surface area contributed by atoms with E-state index in [0.29, 0.717) is 73.3 Å². The Morgan fingerprint density at radius 3 is 1.28 bits per heavy atom. The first kappa shape index (κ1) is 76.8. The van der Waals surface area contributed by atoms with Gasteiger partial charge in [0.1, 0.15) is 11.6 Å². The van der Waals surface area contributed by atoms with Gasteiger partial charge in [-0.25, -0.2) is 9.37 Å². The number of hydrogen-bond donors (Lipinski definition) is 3. The fraction of sp³-hybridized carbons (Fsp3) is 0.170. The summed E-state index contributed by atoms with van der Waals surface area (Å²) in [5, 5.41) is 8.04. The molecule has 0 saturated heterocycles. The number of carbonyl (C=O) groups is 6. The Balaban J connectivity index is 0.000000147. The molecule has 0 spiro atoms. The van der Waals surface area contributed by atoms with Gasteiger partial charge in [0.05, 0.1) is 85.0 Å². The van der Waals surface area contributed by atoms with Crippen molar-refractivity contribution in [3.05, 3.63) is 310 Å². The minimum atomic E-state index is -4.88. The Hall–Kier alpha value is -13.4. The number of anilines is 9. The maximum atomic E-state index is 14.0. The van der Waals surface area contributed by atoms with Crippen LogP contribution < -0.4 is 30.7 Å². The number of benzene rings is 7. The third-order valence-corrected chi connectivity index (χ3v) is 19.8. The fourth-order valence-electron chi connectivity index (χ4n) is 14.2. The number of halogens is 7. The van der Waals surface area contributed by atoms with E-state index in [1.807, 2.05) is 108 Å². The van der Waals surface area contributed by atoms with Crippen LogP contribution in [0.5, 0.6) is 0 Å². The van der Waals surface area contributed by atoms with E-state index in [0.717, 1.165) is 69.3 Å². The van der Waals surface area contributed by atoms with Gasteiger partial charge in [-0.2, -0.15) is 26.3 Å². The first-order chi connectivity index (χ1) is 53.1. The van der Waals surface area contributed by atoms with Crippen molar-refractivity contribution < 1.29 is 59.5 Å². The lowest BCUT2D eigenvalue weighted by atomic mass is 9.81. The predicted molar refractivity (Wildman–Crippen MR) is 417 cm³/mol. The zero-order chi connectivity index (χ0) is 80.1. The van der Waals surface area contributed by atoms with Gasteiger partial charge in [-0.15, -0.1) is 0 Å². The lowest BCUT2D eigenvalue weighted by molar-refractivity contribution is -0.141. The third-order valence-electron chi connectivity index (χ3n) is 19.8. The van der Waals surface area contributed by atoms with E-state index in [1.54, 1.807) is 159 Å². The van der Waals surface area contributed by atoms with Gasteiger partial charge >= 0.3 is 12.4 Å². The zero-order valence-corrected chi connectivity index (χ0v) is 62.2. The number of nitrogens with one attached hydrogen (secondary N) is 3. The van der Waals surface area contributed by atoms with E-state index in [2.05, 4.69) is 40.9 Å². The maximum Gasteiger partial charge on any atom is 0.434 e. The monoisotopic (exact) mass is 1510 g/mol. The molecule has 3 aliphatic rings. The van der Waals surface area contributed by atoms with Crippen molar-refractivity contribution in [2.45, 2.75) is 97.8 Å². The highest BCUT2D eigenvalue weighted by Gasteiger charge is 2.50. The lowest BCUT2D eigenvalue weighted by Crippen LogP contribution is -2.33. The van der Waals surface area contributed by atoms with Gasteiger partial charge in [0.25, 0.3) is 17.7 Å². The Labute approximate surface area is 640 Å². The van der Waals surface area contributed by atoms with E-state index in [9.17, 15) is 59.5 Å². The molecule has 0 atom stereocenters. The molecule has 0 radical (unpaired) electrons. The van der Waals surface area contributed by atoms with Crippen molar-refractivity contribution in [1.82, 2.24) is 24.9 Å². The second-order valence-electron chi connectivity index (χ2n) is 28.8. The molecule has 0 fully saturated rings. The number of alkyl halides is 6. The smallest absolute Gasteiger partial charge is 0.322 e. The van der Waals surface area contributed by atoms with Crippen LogP contribution in [0.25, 0.3) is 33.4 Å². The quantitative estimate of drug-likeness (QED) is 0.0979. The van der Waals surface area contributed by atoms with Gasteiger partial charge < -0.3 is 16.0 Å². The lowest BCUT2D eigenvalue weighted by Gasteiger charge is -2.21. The molecule has 0 saturated carbocycles. The van der Waals surface area contributed by atoms with E-state index >= 15 is 0 Å². The van der Waals surface area contributed by atoms with Crippen molar-refractivity contribution in [2.24, 2.45) is 0 Å². The number of carbonyl (C=O) groups excluding carboxylic acids is 6. The van der Waals surface area contributed by atoms with Crippen molar-refractivity contribution in [2.75, 3.05) is 30.7 Å². The highest BCUT2D eigenvalue weighted by atomic mass is 19.4. The average molecular weight is 1510 g/mol. The summed E-state index contributed by atoms with van der Waals surface area (Å²) < 4.78 is 97.4. The minimum absolute atomic E-state index is 0.0453. The number of fused-ring (bicyclic) bond motifs is 3. The van der Waals surface area contributed by atoms with Crippen LogP contribution in [0.15, 0.2) is 238 Å². The van der Waals surface area contributed by atoms with Crippen LogP contribution in [0.2, 0.25) is 0 Å². The number of aromatic nitrogens is 5. The molecule has 8 heterocycles. The summed E-state index contributed by atoms with van der Waals surface area (Å²) in [6, 6.07) is 53.8. The first-order valence-electron chi connectivity index (χ1n) is 35.4. The fourth-order valence-corrected chi connectivity index (χ4v) is 14.2. The molecular formula is C88H72F7N11O6. The predicted octanol–water partition coefficient (Wildman–Crippen LogP) is 20.1. The number of pyridine rings is 5. The number of nitrogens with zero attached hydrogens (tertiary/aromatic N) is 8. The van der Waals surface area contributed by atoms with Crippen LogP contribution in [-0.2, 0) is 43.0 Å². The van der Waals surface area contributed by atoms with Crippen LogP contribution >= 0.6 is 0 Å². The normalized spacial score (nSPS) is 14.3. The maximum absolute atomic E-state index is 14.0. The summed E-state index contributed by atoms with van der Waals surface area (Å²) in [4.78, 5) is 105. The molecule has 5 aromatic heterocycles. The molecule has 7 aromatic carbocycles. The molecule has 0 aliphatic carbocycles. The molecule has 24 heteroatoms. The summed E-state index contributed by atoms with van der Waals surface area (Å²) in [5.41, 5.74) is 7.22. The molecule has 3 N–H and O–H groups in total. The van der Waals surface area contributed by atoms with Gasteiger partial charge in [-0.1, -0.05) is 102 Å². The van der Waals surface area contributed by atoms with Crippen LogP contribution in [0.3, 0.4) is 0 Å². The number of amides is 6. The van der Waals surface area contributed by atoms with Gasteiger partial charge in [0.15, 0.2) is 5.69 Å². The van der Waals surface area contributed by atoms with E-state index in [-0.39, 0.29) is 34.9 Å². The molecule has 0 bridgehead atoms. The SMILES string of the molecule is Cc1ccc(NC(=O)c2cc(-c3cccc4c3C(C)(C)C(=O)N4c3ccccn3)cnc2C)cc1.Cc1ccc(NC(=O)c2cc(-c3cccc4c3C(C)(C)C(=O)N4c3ccncc3)ccc2C(F)(F)F)cc1.Cc1ccc(NC(=O)c2cc(-c3cccc4c3C(C)(C)C(=O)N4c3cncc(F)c3)cnc2C(F)(F)F)cc1. The second kappa shape index (κ2) is 29.9. The molecule has 17 nitrogen and oxygen atoms in total. The summed E-state index contributed by atoms with van der Waals surface area (Å²) in [5.74, 6) is -2.69. The summed E-state index contributed by atoms with van der Waals surface area (Å²) in [6.45, 7) is 18.3. The van der Waals surface area contributed by atoms with E-state index in [1.165, 1.54) is 29.3 Å². The van der Waals surface area contributed by atoms with Crippen LogP contribution in [-0.4, -0.2) is 60.4 Å². The van der Waals surface area contributed by atoms with Crippen molar-refractivity contribution in [3.63, 3.8) is 0 Å².